The van der Waals surface area contributed by atoms with Gasteiger partial charge in [0.2, 0.25) is 5.82 Å². The fraction of sp³-hybridized carbons (Fsp3) is 0.130. The fourth-order valence-corrected chi connectivity index (χ4v) is 3.74. The molecule has 3 aromatic heterocycles. The topological polar surface area (TPSA) is 125 Å². The number of benzene rings is 2. The minimum atomic E-state index is -1.09. The molecule has 0 saturated heterocycles. The van der Waals surface area contributed by atoms with E-state index in [4.69, 9.17) is 0 Å². The summed E-state index contributed by atoms with van der Waals surface area (Å²) in [4.78, 5) is 17.9. The lowest BCUT2D eigenvalue weighted by Crippen LogP contribution is -2.15. The molecular formula is C23H20N8O2. The Morgan fingerprint density at radius 1 is 1.09 bits per heavy atom. The average molecular weight is 440 g/mol. The van der Waals surface area contributed by atoms with Crippen LogP contribution in [0.1, 0.15) is 23.1 Å². The van der Waals surface area contributed by atoms with Gasteiger partial charge in [0.15, 0.2) is 11.3 Å². The molecular weight excluding hydrogens is 420 g/mol. The molecule has 10 nitrogen and oxygen atoms in total. The number of rotatable bonds is 6. The second kappa shape index (κ2) is 8.15. The van der Waals surface area contributed by atoms with Crippen LogP contribution in [0.2, 0.25) is 0 Å². The number of hydrogen-bond donors (Lipinski definition) is 2. The second-order valence-electron chi connectivity index (χ2n) is 7.45. The number of aromatic carboxylic acids is 1. The number of H-pyrrole nitrogens is 1. The van der Waals surface area contributed by atoms with Crippen molar-refractivity contribution in [2.24, 2.45) is 0 Å². The number of anilines is 2. The standard InChI is InChI=1S/C23H20N8O2/c1-3-15-12-21(31-20(24-15)13-19(27-31)23(32)33)30(2)16-10-8-14(9-11-16)17-6-4-5-7-18(17)22-25-28-29-26-22/h4-13H,3H2,1-2H3,(H,32,33)(H,25,26,28,29). The van der Waals surface area contributed by atoms with Crippen molar-refractivity contribution in [2.75, 3.05) is 11.9 Å². The highest BCUT2D eigenvalue weighted by Gasteiger charge is 2.17. The van der Waals surface area contributed by atoms with Crippen LogP contribution in [-0.2, 0) is 6.42 Å². The maximum Gasteiger partial charge on any atom is 0.356 e. The van der Waals surface area contributed by atoms with Gasteiger partial charge >= 0.3 is 5.97 Å². The number of carboxylic acids is 1. The molecule has 0 amide bonds. The summed E-state index contributed by atoms with van der Waals surface area (Å²) >= 11 is 0. The SMILES string of the molecule is CCc1cc(N(C)c2ccc(-c3ccccc3-c3nn[nH]n3)cc2)n2nc(C(=O)O)cc2n1. The summed E-state index contributed by atoms with van der Waals surface area (Å²) in [6, 6.07) is 19.3. The van der Waals surface area contributed by atoms with E-state index in [-0.39, 0.29) is 5.69 Å². The number of hydrogen-bond acceptors (Lipinski definition) is 7. The molecule has 0 fully saturated rings. The van der Waals surface area contributed by atoms with E-state index in [1.54, 1.807) is 4.52 Å². The van der Waals surface area contributed by atoms with Gasteiger partial charge in [-0.3, -0.25) is 0 Å². The molecule has 0 saturated carbocycles. The maximum atomic E-state index is 11.4. The van der Waals surface area contributed by atoms with Crippen molar-refractivity contribution in [2.45, 2.75) is 13.3 Å². The molecule has 5 aromatic rings. The Labute approximate surface area is 188 Å². The van der Waals surface area contributed by atoms with Gasteiger partial charge in [0.05, 0.1) is 0 Å². The van der Waals surface area contributed by atoms with Crippen LogP contribution in [0, 0.1) is 0 Å². The maximum absolute atomic E-state index is 11.4. The molecule has 2 N–H and O–H groups in total. The van der Waals surface area contributed by atoms with Crippen LogP contribution in [0.25, 0.3) is 28.2 Å². The van der Waals surface area contributed by atoms with Gasteiger partial charge in [-0.05, 0) is 34.9 Å². The van der Waals surface area contributed by atoms with E-state index in [0.29, 0.717) is 11.5 Å². The van der Waals surface area contributed by atoms with Crippen LogP contribution in [0.5, 0.6) is 0 Å². The Kier molecular flexibility index (Phi) is 5.02. The summed E-state index contributed by atoms with van der Waals surface area (Å²) in [7, 11) is 1.92. The van der Waals surface area contributed by atoms with Crippen molar-refractivity contribution >= 4 is 23.1 Å². The lowest BCUT2D eigenvalue weighted by Gasteiger charge is -2.21. The first-order valence-corrected chi connectivity index (χ1v) is 10.3. The highest BCUT2D eigenvalue weighted by Crippen LogP contribution is 2.32. The van der Waals surface area contributed by atoms with Crippen LogP contribution >= 0.6 is 0 Å². The molecule has 10 heteroatoms. The summed E-state index contributed by atoms with van der Waals surface area (Å²) in [5.41, 5.74) is 5.11. The number of carboxylic acid groups (broad SMARTS) is 1. The predicted octanol–water partition coefficient (Wildman–Crippen LogP) is 3.60. The molecule has 5 rings (SSSR count). The van der Waals surface area contributed by atoms with Crippen LogP contribution in [0.3, 0.4) is 0 Å². The zero-order chi connectivity index (χ0) is 22.9. The molecule has 0 bridgehead atoms. The Bertz CT molecular complexity index is 1440. The van der Waals surface area contributed by atoms with Crippen molar-refractivity contribution in [1.82, 2.24) is 35.2 Å². The van der Waals surface area contributed by atoms with Crippen LogP contribution in [-0.4, -0.2) is 53.3 Å². The second-order valence-corrected chi connectivity index (χ2v) is 7.45. The summed E-state index contributed by atoms with van der Waals surface area (Å²) in [6.07, 6.45) is 0.719. The minimum Gasteiger partial charge on any atom is -0.476 e. The van der Waals surface area contributed by atoms with E-state index >= 15 is 0 Å². The molecule has 0 aliphatic rings. The third-order valence-corrected chi connectivity index (χ3v) is 5.47. The van der Waals surface area contributed by atoms with Gasteiger partial charge < -0.3 is 10.0 Å². The summed E-state index contributed by atoms with van der Waals surface area (Å²) in [5.74, 6) is 0.173. The van der Waals surface area contributed by atoms with Crippen molar-refractivity contribution < 1.29 is 9.90 Å². The van der Waals surface area contributed by atoms with E-state index < -0.39 is 5.97 Å². The van der Waals surface area contributed by atoms with Gasteiger partial charge in [-0.25, -0.2) is 9.78 Å². The number of nitrogens with zero attached hydrogens (tertiary/aromatic N) is 7. The van der Waals surface area contributed by atoms with Crippen LogP contribution in [0.15, 0.2) is 60.7 Å². The number of aromatic nitrogens is 7. The number of fused-ring (bicyclic) bond motifs is 1. The van der Waals surface area contributed by atoms with Crippen LogP contribution in [0.4, 0.5) is 11.5 Å². The van der Waals surface area contributed by atoms with Crippen molar-refractivity contribution in [3.05, 3.63) is 72.1 Å². The monoisotopic (exact) mass is 440 g/mol. The van der Waals surface area contributed by atoms with Crippen molar-refractivity contribution in [3.8, 4) is 22.5 Å². The van der Waals surface area contributed by atoms with E-state index in [1.165, 1.54) is 6.07 Å². The van der Waals surface area contributed by atoms with Crippen LogP contribution < -0.4 is 4.90 Å². The number of nitrogens with one attached hydrogen (secondary N) is 1. The average Bonchev–Trinajstić information content (AvgIpc) is 3.53. The molecule has 0 unspecified atom stereocenters. The lowest BCUT2D eigenvalue weighted by molar-refractivity contribution is 0.0690. The number of carbonyl (C=O) groups is 1. The highest BCUT2D eigenvalue weighted by molar-refractivity contribution is 5.87. The Hall–Kier alpha value is -4.60. The van der Waals surface area contributed by atoms with Gasteiger partial charge in [-0.15, -0.1) is 10.2 Å². The van der Waals surface area contributed by atoms with E-state index in [0.717, 1.165) is 40.3 Å². The summed E-state index contributed by atoms with van der Waals surface area (Å²) < 4.78 is 1.56. The molecule has 0 radical (unpaired) electrons. The zero-order valence-electron chi connectivity index (χ0n) is 18.0. The Balaban J connectivity index is 1.54. The molecule has 3 heterocycles. The minimum absolute atomic E-state index is 0.0428. The quantitative estimate of drug-likeness (QED) is 0.410. The van der Waals surface area contributed by atoms with Crippen molar-refractivity contribution in [3.63, 3.8) is 0 Å². The third-order valence-electron chi connectivity index (χ3n) is 5.47. The van der Waals surface area contributed by atoms with Gasteiger partial charge in [0, 0.05) is 36.1 Å². The molecule has 164 valence electrons. The first-order chi connectivity index (χ1) is 16.0. The zero-order valence-corrected chi connectivity index (χ0v) is 18.0. The first-order valence-electron chi connectivity index (χ1n) is 10.3. The fourth-order valence-electron chi connectivity index (χ4n) is 3.74. The number of aryl methyl sites for hydroxylation is 1. The molecule has 0 aliphatic heterocycles. The lowest BCUT2D eigenvalue weighted by atomic mass is 9.99. The molecule has 0 atom stereocenters. The molecule has 33 heavy (non-hydrogen) atoms. The molecule has 0 aliphatic carbocycles. The Morgan fingerprint density at radius 3 is 2.52 bits per heavy atom. The highest BCUT2D eigenvalue weighted by atomic mass is 16.4. The first kappa shape index (κ1) is 20.3. The smallest absolute Gasteiger partial charge is 0.356 e. The third kappa shape index (κ3) is 3.67. The van der Waals surface area contributed by atoms with E-state index in [2.05, 4.69) is 30.7 Å². The van der Waals surface area contributed by atoms with Gasteiger partial charge in [0.25, 0.3) is 0 Å². The van der Waals surface area contributed by atoms with Crippen molar-refractivity contribution in [1.29, 1.82) is 0 Å². The Morgan fingerprint density at radius 2 is 1.85 bits per heavy atom. The van der Waals surface area contributed by atoms with E-state index in [9.17, 15) is 9.90 Å². The molecule has 0 spiro atoms. The van der Waals surface area contributed by atoms with Gasteiger partial charge in [0.1, 0.15) is 5.82 Å². The summed E-state index contributed by atoms with van der Waals surface area (Å²) in [6.45, 7) is 2.01. The van der Waals surface area contributed by atoms with Gasteiger partial charge in [-0.2, -0.15) is 14.8 Å². The van der Waals surface area contributed by atoms with Gasteiger partial charge in [-0.1, -0.05) is 43.3 Å². The largest absolute Gasteiger partial charge is 0.476 e. The van der Waals surface area contributed by atoms with E-state index in [1.807, 2.05) is 73.5 Å². The number of tetrazole rings is 1. The molecule has 2 aromatic carbocycles. The summed E-state index contributed by atoms with van der Waals surface area (Å²) in [5, 5.41) is 28.0. The normalized spacial score (nSPS) is 11.1. The predicted molar refractivity (Wildman–Crippen MR) is 122 cm³/mol. The number of aromatic amines is 1.